The number of hydrogen-bond donors (Lipinski definition) is 1. The van der Waals surface area contributed by atoms with E-state index in [1.807, 2.05) is 6.92 Å². The molecule has 20 heavy (non-hydrogen) atoms. The second-order valence-corrected chi connectivity index (χ2v) is 5.28. The molecule has 106 valence electrons. The lowest BCUT2D eigenvalue weighted by Crippen LogP contribution is -2.32. The van der Waals surface area contributed by atoms with Crippen molar-refractivity contribution in [2.24, 2.45) is 0 Å². The van der Waals surface area contributed by atoms with E-state index >= 15 is 0 Å². The molecule has 0 aliphatic heterocycles. The third-order valence-corrected chi connectivity index (χ3v) is 4.06. The van der Waals surface area contributed by atoms with Crippen molar-refractivity contribution in [1.29, 1.82) is 0 Å². The number of carbonyl (C=O) groups excluding carboxylic acids is 1. The van der Waals surface area contributed by atoms with Crippen LogP contribution in [-0.4, -0.2) is 40.5 Å². The van der Waals surface area contributed by atoms with Crippen molar-refractivity contribution in [3.8, 4) is 0 Å². The minimum Gasteiger partial charge on any atom is -0.395 e. The Morgan fingerprint density at radius 1 is 1.45 bits per heavy atom. The average Bonchev–Trinajstić information content (AvgIpc) is 2.86. The molecule has 1 aromatic heterocycles. The second-order valence-electron chi connectivity index (χ2n) is 4.20. The summed E-state index contributed by atoms with van der Waals surface area (Å²) >= 11 is 1.30. The number of nitro groups is 1. The standard InChI is InChI=1S/C13H14N2O4S/c1-2-14(5-6-16)13(17)12-8-9-7-10(15(18)19)3-4-11(9)20-12/h3-4,7-8,16H,2,5-6H2,1H3. The zero-order valence-corrected chi connectivity index (χ0v) is 11.7. The summed E-state index contributed by atoms with van der Waals surface area (Å²) in [5, 5.41) is 20.4. The van der Waals surface area contributed by atoms with E-state index in [1.165, 1.54) is 23.5 Å². The number of amides is 1. The maximum Gasteiger partial charge on any atom is 0.270 e. The summed E-state index contributed by atoms with van der Waals surface area (Å²) < 4.78 is 0.832. The van der Waals surface area contributed by atoms with Crippen LogP contribution in [0.15, 0.2) is 24.3 Å². The monoisotopic (exact) mass is 294 g/mol. The molecule has 0 saturated heterocycles. The molecule has 1 aromatic carbocycles. The van der Waals surface area contributed by atoms with Crippen LogP contribution < -0.4 is 0 Å². The molecule has 0 aliphatic carbocycles. The number of fused-ring (bicyclic) bond motifs is 1. The van der Waals surface area contributed by atoms with Gasteiger partial charge in [-0.1, -0.05) is 0 Å². The SMILES string of the molecule is CCN(CCO)C(=O)c1cc2cc([N+](=O)[O-])ccc2s1. The Morgan fingerprint density at radius 2 is 2.20 bits per heavy atom. The Labute approximate surface area is 119 Å². The molecule has 2 aromatic rings. The zero-order valence-electron chi connectivity index (χ0n) is 10.9. The van der Waals surface area contributed by atoms with Gasteiger partial charge >= 0.3 is 0 Å². The molecule has 0 saturated carbocycles. The van der Waals surface area contributed by atoms with Crippen molar-refractivity contribution in [2.75, 3.05) is 19.7 Å². The van der Waals surface area contributed by atoms with Gasteiger partial charge in [-0.25, -0.2) is 0 Å². The predicted molar refractivity (Wildman–Crippen MR) is 77.1 cm³/mol. The largest absolute Gasteiger partial charge is 0.395 e. The van der Waals surface area contributed by atoms with E-state index < -0.39 is 4.92 Å². The van der Waals surface area contributed by atoms with E-state index in [2.05, 4.69) is 0 Å². The van der Waals surface area contributed by atoms with Gasteiger partial charge in [-0.3, -0.25) is 14.9 Å². The van der Waals surface area contributed by atoms with Gasteiger partial charge in [0.15, 0.2) is 0 Å². The maximum absolute atomic E-state index is 12.2. The summed E-state index contributed by atoms with van der Waals surface area (Å²) in [6, 6.07) is 6.20. The number of nitrogens with zero attached hydrogens (tertiary/aromatic N) is 2. The molecule has 0 unspecified atom stereocenters. The van der Waals surface area contributed by atoms with Gasteiger partial charge in [0.05, 0.1) is 16.4 Å². The van der Waals surface area contributed by atoms with Crippen molar-refractivity contribution in [3.63, 3.8) is 0 Å². The Balaban J connectivity index is 2.36. The van der Waals surface area contributed by atoms with Gasteiger partial charge in [-0.05, 0) is 19.1 Å². The number of rotatable bonds is 5. The maximum atomic E-state index is 12.2. The highest BCUT2D eigenvalue weighted by atomic mass is 32.1. The highest BCUT2D eigenvalue weighted by Crippen LogP contribution is 2.29. The predicted octanol–water partition coefficient (Wildman–Crippen LogP) is 2.26. The first kappa shape index (κ1) is 14.4. The number of nitro benzene ring substituents is 1. The smallest absolute Gasteiger partial charge is 0.270 e. The Bertz CT molecular complexity index is 653. The minimum atomic E-state index is -0.456. The van der Waals surface area contributed by atoms with Gasteiger partial charge in [-0.2, -0.15) is 0 Å². The highest BCUT2D eigenvalue weighted by molar-refractivity contribution is 7.20. The van der Waals surface area contributed by atoms with Crippen molar-refractivity contribution in [2.45, 2.75) is 6.92 Å². The lowest BCUT2D eigenvalue weighted by atomic mass is 10.2. The van der Waals surface area contributed by atoms with Gasteiger partial charge in [0, 0.05) is 35.3 Å². The van der Waals surface area contributed by atoms with Crippen LogP contribution in [0.1, 0.15) is 16.6 Å². The number of aliphatic hydroxyl groups excluding tert-OH is 1. The van der Waals surface area contributed by atoms with E-state index in [-0.39, 0.29) is 24.7 Å². The van der Waals surface area contributed by atoms with Gasteiger partial charge in [-0.15, -0.1) is 11.3 Å². The van der Waals surface area contributed by atoms with Crippen molar-refractivity contribution < 1.29 is 14.8 Å². The molecule has 1 heterocycles. The molecule has 0 radical (unpaired) electrons. The average molecular weight is 294 g/mol. The summed E-state index contributed by atoms with van der Waals surface area (Å²) in [7, 11) is 0. The Morgan fingerprint density at radius 3 is 2.80 bits per heavy atom. The van der Waals surface area contributed by atoms with Crippen molar-refractivity contribution in [1.82, 2.24) is 4.90 Å². The number of benzene rings is 1. The molecule has 0 aliphatic rings. The first-order chi connectivity index (χ1) is 9.56. The molecule has 1 amide bonds. The van der Waals surface area contributed by atoms with Crippen molar-refractivity contribution in [3.05, 3.63) is 39.3 Å². The fraction of sp³-hybridized carbons (Fsp3) is 0.308. The third kappa shape index (κ3) is 2.78. The van der Waals surface area contributed by atoms with Crippen LogP contribution in [0, 0.1) is 10.1 Å². The van der Waals surface area contributed by atoms with Gasteiger partial charge in [0.25, 0.3) is 11.6 Å². The summed E-state index contributed by atoms with van der Waals surface area (Å²) in [5.41, 5.74) is 0.0111. The molecule has 1 N–H and O–H groups in total. The van der Waals surface area contributed by atoms with Crippen LogP contribution >= 0.6 is 11.3 Å². The van der Waals surface area contributed by atoms with E-state index in [1.54, 1.807) is 17.0 Å². The summed E-state index contributed by atoms with van der Waals surface area (Å²) in [4.78, 5) is 24.6. The van der Waals surface area contributed by atoms with Crippen LogP contribution in [0.25, 0.3) is 10.1 Å². The fourth-order valence-electron chi connectivity index (χ4n) is 1.93. The van der Waals surface area contributed by atoms with Crippen LogP contribution in [0.2, 0.25) is 0 Å². The molecule has 2 rings (SSSR count). The van der Waals surface area contributed by atoms with E-state index in [0.29, 0.717) is 16.8 Å². The molecule has 0 bridgehead atoms. The molecule has 6 nitrogen and oxygen atoms in total. The molecule has 7 heteroatoms. The van der Waals surface area contributed by atoms with E-state index in [4.69, 9.17) is 5.11 Å². The summed E-state index contributed by atoms with van der Waals surface area (Å²) in [6.45, 7) is 2.54. The summed E-state index contributed by atoms with van der Waals surface area (Å²) in [6.07, 6.45) is 0. The van der Waals surface area contributed by atoms with Gasteiger partial charge < -0.3 is 10.0 Å². The lowest BCUT2D eigenvalue weighted by Gasteiger charge is -2.18. The van der Waals surface area contributed by atoms with Crippen LogP contribution in [0.3, 0.4) is 0 Å². The first-order valence-corrected chi connectivity index (χ1v) is 6.96. The minimum absolute atomic E-state index is 0.0111. The van der Waals surface area contributed by atoms with Crippen molar-refractivity contribution >= 4 is 33.0 Å². The second kappa shape index (κ2) is 5.98. The number of likely N-dealkylation sites (N-methyl/N-ethyl adjacent to an activating group) is 1. The number of aliphatic hydroxyl groups is 1. The molecular formula is C13H14N2O4S. The molecule has 0 fully saturated rings. The molecule has 0 atom stereocenters. The van der Waals surface area contributed by atoms with Gasteiger partial charge in [0.2, 0.25) is 0 Å². The third-order valence-electron chi connectivity index (χ3n) is 2.96. The highest BCUT2D eigenvalue weighted by Gasteiger charge is 2.17. The van der Waals surface area contributed by atoms with Crippen LogP contribution in [0.5, 0.6) is 0 Å². The van der Waals surface area contributed by atoms with Crippen LogP contribution in [0.4, 0.5) is 5.69 Å². The number of hydrogen-bond acceptors (Lipinski definition) is 5. The van der Waals surface area contributed by atoms with Crippen LogP contribution in [-0.2, 0) is 0 Å². The molecular weight excluding hydrogens is 280 g/mol. The normalized spacial score (nSPS) is 10.7. The van der Waals surface area contributed by atoms with E-state index in [0.717, 1.165) is 4.70 Å². The summed E-state index contributed by atoms with van der Waals surface area (Å²) in [5.74, 6) is -0.162. The quantitative estimate of drug-likeness (QED) is 0.677. The number of non-ortho nitro benzene ring substituents is 1. The molecule has 0 spiro atoms. The Kier molecular flexibility index (Phi) is 4.31. The van der Waals surface area contributed by atoms with E-state index in [9.17, 15) is 14.9 Å². The Hall–Kier alpha value is -1.99. The number of carbonyl (C=O) groups is 1. The fourth-order valence-corrected chi connectivity index (χ4v) is 2.94. The number of thiophene rings is 1. The topological polar surface area (TPSA) is 83.7 Å². The zero-order chi connectivity index (χ0) is 14.7. The first-order valence-electron chi connectivity index (χ1n) is 6.15. The van der Waals surface area contributed by atoms with Gasteiger partial charge in [0.1, 0.15) is 0 Å². The lowest BCUT2D eigenvalue weighted by molar-refractivity contribution is -0.384.